The highest BCUT2D eigenvalue weighted by Gasteiger charge is 2.34. The molecular formula is C12H22O2. The second-order valence-electron chi connectivity index (χ2n) is 4.93. The van der Waals surface area contributed by atoms with E-state index < -0.39 is 5.97 Å². The van der Waals surface area contributed by atoms with Crippen LogP contribution in [0.3, 0.4) is 0 Å². The highest BCUT2D eigenvalue weighted by Crippen LogP contribution is 2.41. The number of hydrogen-bond donors (Lipinski definition) is 1. The molecule has 0 aromatic rings. The van der Waals surface area contributed by atoms with E-state index in [0.717, 1.165) is 12.3 Å². The molecule has 0 aromatic carbocycles. The summed E-state index contributed by atoms with van der Waals surface area (Å²) >= 11 is 0. The molecule has 2 heteroatoms. The fourth-order valence-corrected chi connectivity index (χ4v) is 2.47. The predicted molar refractivity (Wildman–Crippen MR) is 57.1 cm³/mol. The summed E-state index contributed by atoms with van der Waals surface area (Å²) in [5.41, 5.74) is 0. The molecule has 0 radical (unpaired) electrons. The Morgan fingerprint density at radius 2 is 1.93 bits per heavy atom. The standard InChI is InChI=1S/C12H22O2/c1-4-9-5-6-10(9)7-11(8(2)3)12(13)14/h8-11H,4-7H2,1-3H3,(H,13,14). The summed E-state index contributed by atoms with van der Waals surface area (Å²) in [6.07, 6.45) is 4.67. The Bertz CT molecular complexity index is 196. The van der Waals surface area contributed by atoms with Gasteiger partial charge in [-0.1, -0.05) is 27.2 Å². The van der Waals surface area contributed by atoms with E-state index in [0.29, 0.717) is 5.92 Å². The van der Waals surface area contributed by atoms with Crippen LogP contribution in [0.2, 0.25) is 0 Å². The van der Waals surface area contributed by atoms with Crippen molar-refractivity contribution in [1.82, 2.24) is 0 Å². The van der Waals surface area contributed by atoms with Crippen molar-refractivity contribution < 1.29 is 9.90 Å². The van der Waals surface area contributed by atoms with Gasteiger partial charge in [-0.25, -0.2) is 0 Å². The van der Waals surface area contributed by atoms with Crippen molar-refractivity contribution in [2.75, 3.05) is 0 Å². The zero-order chi connectivity index (χ0) is 10.7. The molecule has 1 saturated carbocycles. The molecule has 1 fully saturated rings. The van der Waals surface area contributed by atoms with Gasteiger partial charge in [0.25, 0.3) is 0 Å². The fraction of sp³-hybridized carbons (Fsp3) is 0.917. The first-order valence-electron chi connectivity index (χ1n) is 5.79. The van der Waals surface area contributed by atoms with Crippen LogP contribution >= 0.6 is 0 Å². The van der Waals surface area contributed by atoms with Crippen LogP contribution in [0.1, 0.15) is 46.5 Å². The molecule has 1 aliphatic carbocycles. The molecule has 0 bridgehead atoms. The number of hydrogen-bond acceptors (Lipinski definition) is 1. The molecule has 3 atom stereocenters. The van der Waals surface area contributed by atoms with E-state index in [1.54, 1.807) is 0 Å². The van der Waals surface area contributed by atoms with Crippen molar-refractivity contribution in [3.8, 4) is 0 Å². The first-order valence-corrected chi connectivity index (χ1v) is 5.79. The average molecular weight is 198 g/mol. The minimum Gasteiger partial charge on any atom is -0.481 e. The van der Waals surface area contributed by atoms with Crippen LogP contribution in [0.4, 0.5) is 0 Å². The Kier molecular flexibility index (Phi) is 3.97. The Morgan fingerprint density at radius 3 is 2.21 bits per heavy atom. The maximum atomic E-state index is 11.0. The lowest BCUT2D eigenvalue weighted by molar-refractivity contribution is -0.144. The first kappa shape index (κ1) is 11.5. The van der Waals surface area contributed by atoms with Crippen LogP contribution in [0.25, 0.3) is 0 Å². The third-order valence-electron chi connectivity index (χ3n) is 3.78. The van der Waals surface area contributed by atoms with Crippen LogP contribution in [-0.4, -0.2) is 11.1 Å². The van der Waals surface area contributed by atoms with Gasteiger partial charge in [0.15, 0.2) is 0 Å². The quantitative estimate of drug-likeness (QED) is 0.736. The Labute approximate surface area is 86.7 Å². The lowest BCUT2D eigenvalue weighted by Crippen LogP contribution is -2.31. The highest BCUT2D eigenvalue weighted by molar-refractivity contribution is 5.70. The SMILES string of the molecule is CCC1CCC1CC(C(=O)O)C(C)C. The number of aliphatic carboxylic acids is 1. The molecule has 1 aliphatic rings. The Hall–Kier alpha value is -0.530. The molecule has 0 aliphatic heterocycles. The van der Waals surface area contributed by atoms with Crippen LogP contribution in [0.5, 0.6) is 0 Å². The molecule has 0 aromatic heterocycles. The molecule has 14 heavy (non-hydrogen) atoms. The summed E-state index contributed by atoms with van der Waals surface area (Å²) in [6, 6.07) is 0. The van der Waals surface area contributed by atoms with Gasteiger partial charge in [0.1, 0.15) is 0 Å². The Balaban J connectivity index is 2.44. The average Bonchev–Trinajstić information content (AvgIpc) is 2.02. The van der Waals surface area contributed by atoms with Gasteiger partial charge >= 0.3 is 5.97 Å². The summed E-state index contributed by atoms with van der Waals surface area (Å²) in [5.74, 6) is 1.01. The van der Waals surface area contributed by atoms with Gasteiger partial charge in [0, 0.05) is 0 Å². The smallest absolute Gasteiger partial charge is 0.306 e. The number of carbonyl (C=O) groups is 1. The van der Waals surface area contributed by atoms with Crippen LogP contribution in [0, 0.1) is 23.7 Å². The topological polar surface area (TPSA) is 37.3 Å². The number of carboxylic acids is 1. The predicted octanol–water partition coefficient (Wildman–Crippen LogP) is 3.17. The van der Waals surface area contributed by atoms with E-state index in [-0.39, 0.29) is 11.8 Å². The van der Waals surface area contributed by atoms with Gasteiger partial charge in [0.05, 0.1) is 5.92 Å². The fourth-order valence-electron chi connectivity index (χ4n) is 2.47. The second-order valence-corrected chi connectivity index (χ2v) is 4.93. The van der Waals surface area contributed by atoms with Crippen molar-refractivity contribution in [3.05, 3.63) is 0 Å². The van der Waals surface area contributed by atoms with Crippen molar-refractivity contribution in [2.24, 2.45) is 23.7 Å². The van der Waals surface area contributed by atoms with E-state index in [9.17, 15) is 4.79 Å². The molecule has 0 heterocycles. The number of carboxylic acid groups (broad SMARTS) is 1. The third kappa shape index (κ3) is 2.49. The molecule has 0 spiro atoms. The number of rotatable bonds is 5. The minimum atomic E-state index is -0.609. The lowest BCUT2D eigenvalue weighted by Gasteiger charge is -2.38. The summed E-state index contributed by atoms with van der Waals surface area (Å²) in [7, 11) is 0. The third-order valence-corrected chi connectivity index (χ3v) is 3.78. The molecule has 2 nitrogen and oxygen atoms in total. The van der Waals surface area contributed by atoms with Crippen molar-refractivity contribution in [3.63, 3.8) is 0 Å². The highest BCUT2D eigenvalue weighted by atomic mass is 16.4. The summed E-state index contributed by atoms with van der Waals surface area (Å²) in [6.45, 7) is 6.23. The van der Waals surface area contributed by atoms with E-state index in [2.05, 4.69) is 6.92 Å². The van der Waals surface area contributed by atoms with Crippen LogP contribution in [0.15, 0.2) is 0 Å². The second kappa shape index (κ2) is 4.81. The molecule has 82 valence electrons. The molecule has 1 N–H and O–H groups in total. The van der Waals surface area contributed by atoms with Gasteiger partial charge in [-0.3, -0.25) is 4.79 Å². The van der Waals surface area contributed by atoms with Gasteiger partial charge in [-0.15, -0.1) is 0 Å². The molecule has 1 rings (SSSR count). The minimum absolute atomic E-state index is 0.130. The van der Waals surface area contributed by atoms with Crippen LogP contribution in [-0.2, 0) is 4.79 Å². The van der Waals surface area contributed by atoms with Crippen LogP contribution < -0.4 is 0 Å². The van der Waals surface area contributed by atoms with E-state index in [1.807, 2.05) is 13.8 Å². The summed E-state index contributed by atoms with van der Waals surface area (Å²) in [5, 5.41) is 9.07. The zero-order valence-electron chi connectivity index (χ0n) is 9.49. The maximum absolute atomic E-state index is 11.0. The van der Waals surface area contributed by atoms with Crippen molar-refractivity contribution in [1.29, 1.82) is 0 Å². The van der Waals surface area contributed by atoms with E-state index in [4.69, 9.17) is 5.11 Å². The summed E-state index contributed by atoms with van der Waals surface area (Å²) < 4.78 is 0. The van der Waals surface area contributed by atoms with Gasteiger partial charge in [-0.2, -0.15) is 0 Å². The Morgan fingerprint density at radius 1 is 1.36 bits per heavy atom. The normalized spacial score (nSPS) is 28.6. The monoisotopic (exact) mass is 198 g/mol. The molecule has 3 unspecified atom stereocenters. The maximum Gasteiger partial charge on any atom is 0.306 e. The van der Waals surface area contributed by atoms with E-state index >= 15 is 0 Å². The molecule has 0 amide bonds. The van der Waals surface area contributed by atoms with E-state index in [1.165, 1.54) is 19.3 Å². The largest absolute Gasteiger partial charge is 0.481 e. The van der Waals surface area contributed by atoms with Crippen molar-refractivity contribution >= 4 is 5.97 Å². The van der Waals surface area contributed by atoms with Gasteiger partial charge < -0.3 is 5.11 Å². The summed E-state index contributed by atoms with van der Waals surface area (Å²) in [4.78, 5) is 11.0. The van der Waals surface area contributed by atoms with Gasteiger partial charge in [-0.05, 0) is 37.0 Å². The zero-order valence-corrected chi connectivity index (χ0v) is 9.49. The molecule has 0 saturated heterocycles. The van der Waals surface area contributed by atoms with Gasteiger partial charge in [0.2, 0.25) is 0 Å². The molecular weight excluding hydrogens is 176 g/mol. The first-order chi connectivity index (χ1) is 6.56. The van der Waals surface area contributed by atoms with Crippen molar-refractivity contribution in [2.45, 2.75) is 46.5 Å². The lowest BCUT2D eigenvalue weighted by atomic mass is 9.67.